The summed E-state index contributed by atoms with van der Waals surface area (Å²) in [4.78, 5) is 35.0. The van der Waals surface area contributed by atoms with Crippen LogP contribution >= 0.6 is 0 Å². The Labute approximate surface area is 356 Å². The molecular weight excluding hydrogens is 749 g/mol. The Balaban J connectivity index is 0.946. The van der Waals surface area contributed by atoms with Crippen LogP contribution in [0.25, 0.3) is 0 Å². The van der Waals surface area contributed by atoms with E-state index in [0.29, 0.717) is 37.6 Å². The largest absolute Gasteiger partial charge is 0.493 e. The molecule has 0 spiro atoms. The Morgan fingerprint density at radius 2 is 0.850 bits per heavy atom. The monoisotopic (exact) mass is 808 g/mol. The summed E-state index contributed by atoms with van der Waals surface area (Å²) < 4.78 is 22.6. The zero-order valence-electron chi connectivity index (χ0n) is 35.4. The molecule has 0 aliphatic carbocycles. The van der Waals surface area contributed by atoms with Crippen molar-refractivity contribution in [3.8, 4) is 11.5 Å². The van der Waals surface area contributed by atoms with E-state index in [4.69, 9.17) is 18.9 Å². The predicted octanol–water partition coefficient (Wildman–Crippen LogP) is 12.7. The van der Waals surface area contributed by atoms with Gasteiger partial charge in [-0.1, -0.05) is 88.8 Å². The summed E-state index contributed by atoms with van der Waals surface area (Å²) in [5.41, 5.74) is 6.82. The summed E-state index contributed by atoms with van der Waals surface area (Å²) in [6, 6.07) is 38.8. The van der Waals surface area contributed by atoms with Crippen LogP contribution in [0.4, 0.5) is 11.4 Å². The molecule has 314 valence electrons. The van der Waals surface area contributed by atoms with Gasteiger partial charge in [-0.2, -0.15) is 0 Å². The van der Waals surface area contributed by atoms with Crippen molar-refractivity contribution in [2.24, 2.45) is 9.98 Å². The minimum Gasteiger partial charge on any atom is -0.493 e. The van der Waals surface area contributed by atoms with Crippen LogP contribution in [0.2, 0.25) is 0 Å². The number of hydrogen-bond acceptors (Lipinski definition) is 8. The van der Waals surface area contributed by atoms with Crippen LogP contribution in [0.3, 0.4) is 0 Å². The molecule has 0 aromatic heterocycles. The standard InChI is InChI=1S/C52H60N2O6/c1-3-5-7-9-15-41-19-27-45(28-20-41)53-39-43-23-31-47(32-24-43)57-35-13-37-59-51(55)49-17-11-12-18-50(49)52(56)60-38-14-36-58-48-33-25-44(26-34-48)40-54-46-29-21-42(22-30-46)16-10-8-6-4-2/h11-12,17-34,39-40H,3-10,13-16,35-38H2,1-2H3. The van der Waals surface area contributed by atoms with Crippen LogP contribution in [-0.4, -0.2) is 50.8 Å². The number of hydrogen-bond donors (Lipinski definition) is 0. The Hall–Kier alpha value is -6.02. The van der Waals surface area contributed by atoms with E-state index in [9.17, 15) is 9.59 Å². The van der Waals surface area contributed by atoms with Crippen LogP contribution in [0.1, 0.15) is 121 Å². The van der Waals surface area contributed by atoms with Crippen molar-refractivity contribution in [1.29, 1.82) is 0 Å². The van der Waals surface area contributed by atoms with Gasteiger partial charge >= 0.3 is 11.9 Å². The molecule has 0 aliphatic rings. The maximum atomic E-state index is 12.9. The molecule has 0 unspecified atom stereocenters. The highest BCUT2D eigenvalue weighted by Crippen LogP contribution is 2.19. The first-order valence-corrected chi connectivity index (χ1v) is 21.7. The second kappa shape index (κ2) is 26.2. The van der Waals surface area contributed by atoms with Crippen LogP contribution in [0.15, 0.2) is 131 Å². The fourth-order valence-corrected chi connectivity index (χ4v) is 6.43. The summed E-state index contributed by atoms with van der Waals surface area (Å²) >= 11 is 0. The van der Waals surface area contributed by atoms with Crippen molar-refractivity contribution in [3.05, 3.63) is 155 Å². The van der Waals surface area contributed by atoms with Crippen LogP contribution in [0.5, 0.6) is 11.5 Å². The van der Waals surface area contributed by atoms with E-state index in [0.717, 1.165) is 35.3 Å². The molecule has 0 fully saturated rings. The first kappa shape index (κ1) is 45.1. The lowest BCUT2D eigenvalue weighted by atomic mass is 10.1. The number of aliphatic imine (C=N–C) groups is 2. The van der Waals surface area contributed by atoms with Gasteiger partial charge in [0, 0.05) is 25.3 Å². The number of aryl methyl sites for hydroxylation is 2. The van der Waals surface area contributed by atoms with Crippen molar-refractivity contribution in [3.63, 3.8) is 0 Å². The molecule has 5 rings (SSSR count). The van der Waals surface area contributed by atoms with E-state index in [1.165, 1.54) is 62.5 Å². The average molecular weight is 809 g/mol. The Morgan fingerprint density at radius 1 is 0.450 bits per heavy atom. The molecule has 8 heteroatoms. The molecule has 0 saturated heterocycles. The van der Waals surface area contributed by atoms with Gasteiger partial charge in [-0.3, -0.25) is 9.98 Å². The molecule has 0 atom stereocenters. The van der Waals surface area contributed by atoms with Gasteiger partial charge in [-0.05, 0) is 133 Å². The van der Waals surface area contributed by atoms with Gasteiger partial charge in [0.25, 0.3) is 0 Å². The first-order chi connectivity index (χ1) is 29.5. The Bertz CT molecular complexity index is 1910. The summed E-state index contributed by atoms with van der Waals surface area (Å²) in [7, 11) is 0. The Morgan fingerprint density at radius 3 is 1.23 bits per heavy atom. The third kappa shape index (κ3) is 16.3. The number of benzene rings is 5. The van der Waals surface area contributed by atoms with Crippen LogP contribution < -0.4 is 9.47 Å². The summed E-state index contributed by atoms with van der Waals surface area (Å²) in [6.07, 6.45) is 17.0. The van der Waals surface area contributed by atoms with E-state index < -0.39 is 11.9 Å². The molecule has 0 aliphatic heterocycles. The number of rotatable bonds is 26. The van der Waals surface area contributed by atoms with Gasteiger partial charge in [-0.15, -0.1) is 0 Å². The van der Waals surface area contributed by atoms with Gasteiger partial charge in [0.15, 0.2) is 0 Å². The quantitative estimate of drug-likeness (QED) is 0.0314. The molecule has 0 amide bonds. The molecule has 5 aromatic rings. The van der Waals surface area contributed by atoms with E-state index in [-0.39, 0.29) is 24.3 Å². The fraction of sp³-hybridized carbons (Fsp3) is 0.346. The maximum absolute atomic E-state index is 12.9. The second-order valence-corrected chi connectivity index (χ2v) is 14.8. The highest BCUT2D eigenvalue weighted by molar-refractivity contribution is 6.03. The molecule has 5 aromatic carbocycles. The smallest absolute Gasteiger partial charge is 0.339 e. The minimum absolute atomic E-state index is 0.142. The lowest BCUT2D eigenvalue weighted by Crippen LogP contribution is -2.16. The fourth-order valence-electron chi connectivity index (χ4n) is 6.43. The number of carbonyl (C=O) groups is 2. The van der Waals surface area contributed by atoms with Crippen molar-refractivity contribution in [2.45, 2.75) is 90.9 Å². The summed E-state index contributed by atoms with van der Waals surface area (Å²) in [5.74, 6) is 0.257. The van der Waals surface area contributed by atoms with E-state index in [1.54, 1.807) is 24.3 Å². The van der Waals surface area contributed by atoms with Crippen molar-refractivity contribution < 1.29 is 28.5 Å². The zero-order chi connectivity index (χ0) is 42.0. The predicted molar refractivity (Wildman–Crippen MR) is 243 cm³/mol. The SMILES string of the molecule is CCCCCCc1ccc(N=Cc2ccc(OCCCOC(=O)c3ccccc3C(=O)OCCCOc3ccc(C=Nc4ccc(CCCCCC)cc4)cc3)cc2)cc1. The highest BCUT2D eigenvalue weighted by Gasteiger charge is 2.19. The minimum atomic E-state index is -0.587. The molecule has 0 bridgehead atoms. The average Bonchev–Trinajstić information content (AvgIpc) is 3.29. The molecule has 0 saturated carbocycles. The van der Waals surface area contributed by atoms with Crippen LogP contribution in [-0.2, 0) is 22.3 Å². The van der Waals surface area contributed by atoms with Crippen molar-refractivity contribution in [1.82, 2.24) is 0 Å². The highest BCUT2D eigenvalue weighted by atomic mass is 16.5. The molecule has 0 heterocycles. The topological polar surface area (TPSA) is 95.8 Å². The van der Waals surface area contributed by atoms with Gasteiger partial charge < -0.3 is 18.9 Å². The molecule has 0 radical (unpaired) electrons. The third-order valence-corrected chi connectivity index (χ3v) is 9.94. The van der Waals surface area contributed by atoms with Gasteiger partial charge in [0.05, 0.1) is 48.9 Å². The zero-order valence-corrected chi connectivity index (χ0v) is 35.4. The van der Waals surface area contributed by atoms with E-state index >= 15 is 0 Å². The first-order valence-electron chi connectivity index (χ1n) is 21.7. The van der Waals surface area contributed by atoms with E-state index in [2.05, 4.69) is 72.4 Å². The third-order valence-electron chi connectivity index (χ3n) is 9.94. The number of unbranched alkanes of at least 4 members (excludes halogenated alkanes) is 6. The normalized spacial score (nSPS) is 11.2. The van der Waals surface area contributed by atoms with Gasteiger partial charge in [0.2, 0.25) is 0 Å². The molecule has 0 N–H and O–H groups in total. The van der Waals surface area contributed by atoms with Crippen molar-refractivity contribution in [2.75, 3.05) is 26.4 Å². The number of esters is 2. The molecular formula is C52H60N2O6. The van der Waals surface area contributed by atoms with Crippen molar-refractivity contribution >= 4 is 35.7 Å². The maximum Gasteiger partial charge on any atom is 0.339 e. The molecule has 60 heavy (non-hydrogen) atoms. The Kier molecular flexibility index (Phi) is 19.6. The molecule has 8 nitrogen and oxygen atoms in total. The lowest BCUT2D eigenvalue weighted by Gasteiger charge is -2.11. The van der Waals surface area contributed by atoms with Gasteiger partial charge in [-0.25, -0.2) is 9.59 Å². The van der Waals surface area contributed by atoms with Gasteiger partial charge in [0.1, 0.15) is 11.5 Å². The van der Waals surface area contributed by atoms with E-state index in [1.807, 2.05) is 61.0 Å². The lowest BCUT2D eigenvalue weighted by molar-refractivity contribution is 0.0438. The number of carbonyl (C=O) groups excluding carboxylic acids is 2. The summed E-state index contributed by atoms with van der Waals surface area (Å²) in [5, 5.41) is 0. The second-order valence-electron chi connectivity index (χ2n) is 14.8. The van der Waals surface area contributed by atoms with Crippen LogP contribution in [0, 0.1) is 0 Å². The number of ether oxygens (including phenoxy) is 4. The number of nitrogens with zero attached hydrogens (tertiary/aromatic N) is 2. The summed E-state index contributed by atoms with van der Waals surface area (Å²) in [6.45, 7) is 5.48.